The molecule has 0 aliphatic carbocycles. The highest BCUT2D eigenvalue weighted by molar-refractivity contribution is 6.46. The number of carbonyl (C=O) groups is 2. The number of unbranched alkanes of at least 4 members (excludes halogenated alkanes) is 2. The van der Waals surface area contributed by atoms with Crippen LogP contribution in [0.15, 0.2) is 48.0 Å². The molecule has 0 saturated carbocycles. The fourth-order valence-electron chi connectivity index (χ4n) is 5.26. The van der Waals surface area contributed by atoms with Crippen molar-refractivity contribution < 1.29 is 24.2 Å². The Morgan fingerprint density at radius 1 is 1.08 bits per heavy atom. The molecule has 4 rings (SSSR count). The summed E-state index contributed by atoms with van der Waals surface area (Å²) < 4.78 is 11.7. The molecule has 1 fully saturated rings. The SMILES string of the molecule is CCCCCOc1ccc(C2C(=C(O)c3ccc4c(c3)CC(C)O4)C(=O)C(=O)N2CCN(CC)CC)cc1. The van der Waals surface area contributed by atoms with Crippen molar-refractivity contribution in [1.82, 2.24) is 9.80 Å². The molecule has 2 aliphatic heterocycles. The number of amides is 1. The third-order valence-corrected chi connectivity index (χ3v) is 7.47. The van der Waals surface area contributed by atoms with Crippen LogP contribution in [0.5, 0.6) is 11.5 Å². The van der Waals surface area contributed by atoms with E-state index in [0.717, 1.165) is 61.4 Å². The van der Waals surface area contributed by atoms with Crippen LogP contribution < -0.4 is 9.47 Å². The number of ether oxygens (including phenoxy) is 2. The molecule has 0 radical (unpaired) electrons. The second-order valence-electron chi connectivity index (χ2n) is 10.1. The number of aliphatic hydroxyl groups is 1. The molecule has 0 aromatic heterocycles. The van der Waals surface area contributed by atoms with Crippen molar-refractivity contribution in [3.63, 3.8) is 0 Å². The first-order valence-corrected chi connectivity index (χ1v) is 13.9. The monoisotopic (exact) mass is 520 g/mol. The highest BCUT2D eigenvalue weighted by atomic mass is 16.5. The van der Waals surface area contributed by atoms with Gasteiger partial charge in [-0.1, -0.05) is 45.7 Å². The van der Waals surface area contributed by atoms with E-state index in [9.17, 15) is 14.7 Å². The number of likely N-dealkylation sites (tertiary alicyclic amines) is 1. The molecule has 1 saturated heterocycles. The minimum Gasteiger partial charge on any atom is -0.507 e. The highest BCUT2D eigenvalue weighted by Crippen LogP contribution is 2.41. The molecular weight excluding hydrogens is 480 g/mol. The zero-order chi connectivity index (χ0) is 27.2. The predicted octanol–water partition coefficient (Wildman–Crippen LogP) is 5.34. The number of likely N-dealkylation sites (N-methyl/N-ethyl adjacent to an activating group) is 1. The van der Waals surface area contributed by atoms with Crippen LogP contribution in [0.2, 0.25) is 0 Å². The summed E-state index contributed by atoms with van der Waals surface area (Å²) in [5.74, 6) is 0.150. The van der Waals surface area contributed by atoms with Crippen molar-refractivity contribution in [2.75, 3.05) is 32.8 Å². The largest absolute Gasteiger partial charge is 0.507 e. The average Bonchev–Trinajstić information content (AvgIpc) is 3.42. The number of fused-ring (bicyclic) bond motifs is 1. The molecule has 204 valence electrons. The van der Waals surface area contributed by atoms with Gasteiger partial charge in [0, 0.05) is 25.1 Å². The summed E-state index contributed by atoms with van der Waals surface area (Å²) in [6.07, 6.45) is 4.04. The fraction of sp³-hybridized carbons (Fsp3) is 0.484. The Labute approximate surface area is 226 Å². The number of rotatable bonds is 12. The van der Waals surface area contributed by atoms with Gasteiger partial charge in [0.2, 0.25) is 0 Å². The Morgan fingerprint density at radius 3 is 2.50 bits per heavy atom. The predicted molar refractivity (Wildman–Crippen MR) is 148 cm³/mol. The van der Waals surface area contributed by atoms with Gasteiger partial charge in [-0.05, 0) is 67.9 Å². The second kappa shape index (κ2) is 12.5. The van der Waals surface area contributed by atoms with E-state index in [1.165, 1.54) is 0 Å². The molecule has 2 aromatic carbocycles. The van der Waals surface area contributed by atoms with Gasteiger partial charge in [0.05, 0.1) is 18.2 Å². The van der Waals surface area contributed by atoms with Crippen LogP contribution in [0.1, 0.15) is 69.7 Å². The number of ketones is 1. The van der Waals surface area contributed by atoms with Gasteiger partial charge in [0.25, 0.3) is 11.7 Å². The first-order chi connectivity index (χ1) is 18.4. The Kier molecular flexibility index (Phi) is 9.10. The standard InChI is InChI=1S/C31H40N2O5/c1-5-8-9-18-37-25-13-10-22(11-14-25)28-27(30(35)31(36)33(28)17-16-32(6-2)7-3)29(34)23-12-15-26-24(20-23)19-21(4)38-26/h10-15,20-21,28,34H,5-9,16-19H2,1-4H3. The lowest BCUT2D eigenvalue weighted by molar-refractivity contribution is -0.140. The Bertz CT molecular complexity index is 1170. The molecule has 2 aliphatic rings. The number of Topliss-reactive ketones (excluding diaryl/α,β-unsaturated/α-hetero) is 1. The molecule has 1 amide bonds. The number of nitrogens with zero attached hydrogens (tertiary/aromatic N) is 2. The highest BCUT2D eigenvalue weighted by Gasteiger charge is 2.46. The van der Waals surface area contributed by atoms with Crippen LogP contribution in [-0.4, -0.2) is 65.5 Å². The van der Waals surface area contributed by atoms with Gasteiger partial charge in [-0.2, -0.15) is 0 Å². The van der Waals surface area contributed by atoms with Crippen LogP contribution in [0.3, 0.4) is 0 Å². The van der Waals surface area contributed by atoms with E-state index in [-0.39, 0.29) is 17.4 Å². The molecule has 1 N–H and O–H groups in total. The first kappa shape index (κ1) is 27.7. The van der Waals surface area contributed by atoms with Crippen molar-refractivity contribution in [3.05, 3.63) is 64.7 Å². The zero-order valence-corrected chi connectivity index (χ0v) is 23.0. The summed E-state index contributed by atoms with van der Waals surface area (Å²) in [6.45, 7) is 11.7. The Morgan fingerprint density at radius 2 is 1.82 bits per heavy atom. The van der Waals surface area contributed by atoms with Crippen LogP contribution >= 0.6 is 0 Å². The smallest absolute Gasteiger partial charge is 0.295 e. The third kappa shape index (κ3) is 5.88. The maximum atomic E-state index is 13.4. The molecule has 0 spiro atoms. The lowest BCUT2D eigenvalue weighted by atomic mass is 9.94. The van der Waals surface area contributed by atoms with Crippen molar-refractivity contribution in [3.8, 4) is 11.5 Å². The number of carbonyl (C=O) groups excluding carboxylic acids is 2. The van der Waals surface area contributed by atoms with Crippen LogP contribution in [0.4, 0.5) is 0 Å². The second-order valence-corrected chi connectivity index (χ2v) is 10.1. The van der Waals surface area contributed by atoms with E-state index >= 15 is 0 Å². The summed E-state index contributed by atoms with van der Waals surface area (Å²) in [5, 5.41) is 11.5. The van der Waals surface area contributed by atoms with Gasteiger partial charge in [0.1, 0.15) is 23.4 Å². The molecule has 2 heterocycles. The summed E-state index contributed by atoms with van der Waals surface area (Å²) >= 11 is 0. The van der Waals surface area contributed by atoms with E-state index in [1.54, 1.807) is 11.0 Å². The van der Waals surface area contributed by atoms with E-state index in [4.69, 9.17) is 9.47 Å². The van der Waals surface area contributed by atoms with E-state index < -0.39 is 17.7 Å². The van der Waals surface area contributed by atoms with Crippen LogP contribution in [0, 0.1) is 0 Å². The molecule has 38 heavy (non-hydrogen) atoms. The molecule has 2 atom stereocenters. The van der Waals surface area contributed by atoms with Crippen molar-refractivity contribution in [2.24, 2.45) is 0 Å². The van der Waals surface area contributed by atoms with E-state index in [1.807, 2.05) is 43.3 Å². The van der Waals surface area contributed by atoms with Crippen LogP contribution in [0.25, 0.3) is 5.76 Å². The summed E-state index contributed by atoms with van der Waals surface area (Å²) in [6, 6.07) is 12.3. The normalized spacial score (nSPS) is 20.2. The van der Waals surface area contributed by atoms with Crippen LogP contribution in [-0.2, 0) is 16.0 Å². The average molecular weight is 521 g/mol. The molecule has 0 bridgehead atoms. The van der Waals surface area contributed by atoms with Crippen molar-refractivity contribution >= 4 is 17.4 Å². The number of hydrogen-bond donors (Lipinski definition) is 1. The minimum absolute atomic E-state index is 0.0655. The zero-order valence-electron chi connectivity index (χ0n) is 23.0. The fourth-order valence-corrected chi connectivity index (χ4v) is 5.26. The maximum absolute atomic E-state index is 13.4. The number of benzene rings is 2. The molecular formula is C31H40N2O5. The van der Waals surface area contributed by atoms with Crippen molar-refractivity contribution in [1.29, 1.82) is 0 Å². The molecule has 7 heteroatoms. The van der Waals surface area contributed by atoms with Gasteiger partial charge in [0.15, 0.2) is 0 Å². The number of hydrogen-bond acceptors (Lipinski definition) is 6. The summed E-state index contributed by atoms with van der Waals surface area (Å²) in [4.78, 5) is 30.5. The third-order valence-electron chi connectivity index (χ3n) is 7.47. The van der Waals surface area contributed by atoms with E-state index in [0.29, 0.717) is 25.3 Å². The topological polar surface area (TPSA) is 79.3 Å². The first-order valence-electron chi connectivity index (χ1n) is 13.9. The lowest BCUT2D eigenvalue weighted by Gasteiger charge is -2.28. The Hall–Kier alpha value is -3.32. The Balaban J connectivity index is 1.69. The molecule has 2 aromatic rings. The van der Waals surface area contributed by atoms with Gasteiger partial charge in [-0.15, -0.1) is 0 Å². The van der Waals surface area contributed by atoms with Gasteiger partial charge >= 0.3 is 0 Å². The van der Waals surface area contributed by atoms with Gasteiger partial charge in [-0.3, -0.25) is 9.59 Å². The summed E-state index contributed by atoms with van der Waals surface area (Å²) in [7, 11) is 0. The van der Waals surface area contributed by atoms with Gasteiger partial charge < -0.3 is 24.4 Å². The number of aliphatic hydroxyl groups excluding tert-OH is 1. The van der Waals surface area contributed by atoms with Crippen molar-refractivity contribution in [2.45, 2.75) is 65.5 Å². The van der Waals surface area contributed by atoms with E-state index in [2.05, 4.69) is 25.7 Å². The van der Waals surface area contributed by atoms with Gasteiger partial charge in [-0.25, -0.2) is 0 Å². The quantitative estimate of drug-likeness (QED) is 0.176. The molecule has 2 unspecified atom stereocenters. The summed E-state index contributed by atoms with van der Waals surface area (Å²) in [5.41, 5.74) is 2.39. The lowest BCUT2D eigenvalue weighted by Crippen LogP contribution is -2.38. The maximum Gasteiger partial charge on any atom is 0.295 e. The molecule has 7 nitrogen and oxygen atoms in total. The minimum atomic E-state index is -0.678.